The summed E-state index contributed by atoms with van der Waals surface area (Å²) in [7, 11) is 1.34. The Balaban J connectivity index is 2.12. The van der Waals surface area contributed by atoms with Gasteiger partial charge in [-0.25, -0.2) is 0 Å². The average molecular weight is 340 g/mol. The topological polar surface area (TPSA) is 60.7 Å². The molecule has 0 bridgehead atoms. The van der Waals surface area contributed by atoms with Gasteiger partial charge in [-0.1, -0.05) is 41.2 Å². The number of benzene rings is 2. The van der Waals surface area contributed by atoms with Crippen LogP contribution in [0.2, 0.25) is 0 Å². The lowest BCUT2D eigenvalue weighted by atomic mass is 10.1. The fraction of sp³-hybridized carbons (Fsp3) is 0.167. The molecular formula is C18H16N2O3S. The summed E-state index contributed by atoms with van der Waals surface area (Å²) in [5.41, 5.74) is 2.37. The van der Waals surface area contributed by atoms with E-state index in [1.165, 1.54) is 18.4 Å². The van der Waals surface area contributed by atoms with Crippen molar-refractivity contribution in [3.63, 3.8) is 0 Å². The van der Waals surface area contributed by atoms with Gasteiger partial charge in [0, 0.05) is 5.56 Å². The van der Waals surface area contributed by atoms with Gasteiger partial charge < -0.3 is 9.30 Å². The molecule has 1 amide bonds. The van der Waals surface area contributed by atoms with Gasteiger partial charge in [-0.15, -0.1) is 0 Å². The summed E-state index contributed by atoms with van der Waals surface area (Å²) >= 11 is 1.37. The number of nitrogens with zero attached hydrogens (tertiary/aromatic N) is 2. The standard InChI is InChI=1S/C18H16N2O3S/c1-12-6-5-7-13(10-12)17(22)19-18-20(11-16(21)23-2)14-8-3-4-9-15(14)24-18/h3-10H,11H2,1-2H3. The van der Waals surface area contributed by atoms with Crippen LogP contribution < -0.4 is 4.80 Å². The van der Waals surface area contributed by atoms with Crippen LogP contribution in [0.15, 0.2) is 53.5 Å². The summed E-state index contributed by atoms with van der Waals surface area (Å²) in [5, 5.41) is 0. The zero-order chi connectivity index (χ0) is 17.1. The minimum Gasteiger partial charge on any atom is -0.468 e. The number of aromatic nitrogens is 1. The molecule has 122 valence electrons. The minimum absolute atomic E-state index is 0.0143. The molecule has 0 atom stereocenters. The van der Waals surface area contributed by atoms with Crippen LogP contribution in [0.3, 0.4) is 0 Å². The van der Waals surface area contributed by atoms with Crippen molar-refractivity contribution < 1.29 is 14.3 Å². The summed E-state index contributed by atoms with van der Waals surface area (Å²) in [4.78, 5) is 28.9. The fourth-order valence-electron chi connectivity index (χ4n) is 2.38. The molecule has 0 saturated carbocycles. The smallest absolute Gasteiger partial charge is 0.325 e. The molecule has 3 rings (SSSR count). The molecular weight excluding hydrogens is 324 g/mol. The van der Waals surface area contributed by atoms with E-state index in [9.17, 15) is 9.59 Å². The zero-order valence-electron chi connectivity index (χ0n) is 13.4. The molecule has 0 radical (unpaired) electrons. The lowest BCUT2D eigenvalue weighted by Gasteiger charge is -2.03. The number of hydrogen-bond acceptors (Lipinski definition) is 4. The third-order valence-electron chi connectivity index (χ3n) is 3.57. The SMILES string of the molecule is COC(=O)Cn1c(=NC(=O)c2cccc(C)c2)sc2ccccc21. The molecule has 5 nitrogen and oxygen atoms in total. The Hall–Kier alpha value is -2.73. The fourth-order valence-corrected chi connectivity index (χ4v) is 3.41. The number of esters is 1. The number of ether oxygens (including phenoxy) is 1. The molecule has 0 saturated heterocycles. The summed E-state index contributed by atoms with van der Waals surface area (Å²) in [6.45, 7) is 1.94. The molecule has 6 heteroatoms. The van der Waals surface area contributed by atoms with Crippen molar-refractivity contribution in [1.29, 1.82) is 0 Å². The van der Waals surface area contributed by atoms with Gasteiger partial charge in [-0.3, -0.25) is 9.59 Å². The van der Waals surface area contributed by atoms with Crippen LogP contribution in [-0.4, -0.2) is 23.6 Å². The van der Waals surface area contributed by atoms with E-state index in [1.807, 2.05) is 43.3 Å². The van der Waals surface area contributed by atoms with Gasteiger partial charge in [-0.2, -0.15) is 4.99 Å². The van der Waals surface area contributed by atoms with Crippen LogP contribution in [0.5, 0.6) is 0 Å². The van der Waals surface area contributed by atoms with Gasteiger partial charge in [0.15, 0.2) is 4.80 Å². The Morgan fingerprint density at radius 3 is 2.71 bits per heavy atom. The number of rotatable bonds is 3. The highest BCUT2D eigenvalue weighted by atomic mass is 32.1. The van der Waals surface area contributed by atoms with E-state index in [4.69, 9.17) is 4.74 Å². The molecule has 1 aromatic heterocycles. The van der Waals surface area contributed by atoms with Gasteiger partial charge in [-0.05, 0) is 31.2 Å². The highest BCUT2D eigenvalue weighted by Crippen LogP contribution is 2.17. The van der Waals surface area contributed by atoms with Crippen LogP contribution in [0.4, 0.5) is 0 Å². The molecule has 2 aromatic carbocycles. The lowest BCUT2D eigenvalue weighted by Crippen LogP contribution is -2.22. The normalized spacial score (nSPS) is 11.7. The number of thiazole rings is 1. The Morgan fingerprint density at radius 2 is 1.96 bits per heavy atom. The maximum absolute atomic E-state index is 12.5. The third-order valence-corrected chi connectivity index (χ3v) is 4.62. The largest absolute Gasteiger partial charge is 0.468 e. The maximum atomic E-state index is 12.5. The van der Waals surface area contributed by atoms with Crippen molar-refractivity contribution in [2.75, 3.05) is 7.11 Å². The number of carbonyl (C=O) groups excluding carboxylic acids is 2. The van der Waals surface area contributed by atoms with E-state index in [1.54, 1.807) is 16.7 Å². The average Bonchev–Trinajstić information content (AvgIpc) is 2.92. The molecule has 0 unspecified atom stereocenters. The predicted molar refractivity (Wildman–Crippen MR) is 92.9 cm³/mol. The molecule has 0 aliphatic carbocycles. The Morgan fingerprint density at radius 1 is 1.17 bits per heavy atom. The number of methoxy groups -OCH3 is 1. The molecule has 3 aromatic rings. The van der Waals surface area contributed by atoms with Crippen LogP contribution >= 0.6 is 11.3 Å². The van der Waals surface area contributed by atoms with E-state index in [0.29, 0.717) is 10.4 Å². The summed E-state index contributed by atoms with van der Waals surface area (Å²) in [6.07, 6.45) is 0. The number of amides is 1. The van der Waals surface area contributed by atoms with Crippen molar-refractivity contribution in [1.82, 2.24) is 4.57 Å². The van der Waals surface area contributed by atoms with Crippen LogP contribution in [0.25, 0.3) is 10.2 Å². The molecule has 0 N–H and O–H groups in total. The highest BCUT2D eigenvalue weighted by Gasteiger charge is 2.12. The van der Waals surface area contributed by atoms with E-state index in [0.717, 1.165) is 15.8 Å². The molecule has 0 spiro atoms. The predicted octanol–water partition coefficient (Wildman–Crippen LogP) is 2.93. The first-order valence-electron chi connectivity index (χ1n) is 7.39. The van der Waals surface area contributed by atoms with Crippen molar-refractivity contribution in [2.24, 2.45) is 4.99 Å². The zero-order valence-corrected chi connectivity index (χ0v) is 14.2. The van der Waals surface area contributed by atoms with Crippen molar-refractivity contribution in [3.8, 4) is 0 Å². The second-order valence-electron chi connectivity index (χ2n) is 5.30. The van der Waals surface area contributed by atoms with Crippen LogP contribution in [-0.2, 0) is 16.1 Å². The number of aryl methyl sites for hydroxylation is 1. The highest BCUT2D eigenvalue weighted by molar-refractivity contribution is 7.16. The van der Waals surface area contributed by atoms with Crippen LogP contribution in [0, 0.1) is 6.92 Å². The van der Waals surface area contributed by atoms with E-state index in [2.05, 4.69) is 4.99 Å². The van der Waals surface area contributed by atoms with E-state index in [-0.39, 0.29) is 18.4 Å². The molecule has 0 aliphatic heterocycles. The van der Waals surface area contributed by atoms with Gasteiger partial charge >= 0.3 is 5.97 Å². The summed E-state index contributed by atoms with van der Waals surface area (Å²) in [5.74, 6) is -0.716. The minimum atomic E-state index is -0.386. The first-order chi connectivity index (χ1) is 11.6. The number of para-hydroxylation sites is 1. The van der Waals surface area contributed by atoms with Crippen LogP contribution in [0.1, 0.15) is 15.9 Å². The first kappa shape index (κ1) is 16.1. The second-order valence-corrected chi connectivity index (χ2v) is 6.31. The second kappa shape index (κ2) is 6.80. The Kier molecular flexibility index (Phi) is 4.57. The van der Waals surface area contributed by atoms with E-state index >= 15 is 0 Å². The molecule has 24 heavy (non-hydrogen) atoms. The molecule has 0 fully saturated rings. The van der Waals surface area contributed by atoms with Gasteiger partial charge in [0.2, 0.25) is 0 Å². The first-order valence-corrected chi connectivity index (χ1v) is 8.21. The van der Waals surface area contributed by atoms with Crippen molar-refractivity contribution in [3.05, 3.63) is 64.5 Å². The monoisotopic (exact) mass is 340 g/mol. The van der Waals surface area contributed by atoms with Gasteiger partial charge in [0.05, 0.1) is 17.3 Å². The maximum Gasteiger partial charge on any atom is 0.325 e. The van der Waals surface area contributed by atoms with Crippen molar-refractivity contribution in [2.45, 2.75) is 13.5 Å². The third kappa shape index (κ3) is 3.28. The van der Waals surface area contributed by atoms with Gasteiger partial charge in [0.1, 0.15) is 6.54 Å². The number of carbonyl (C=O) groups is 2. The Labute approximate surface area is 142 Å². The van der Waals surface area contributed by atoms with Crippen molar-refractivity contribution >= 4 is 33.4 Å². The molecule has 0 aliphatic rings. The van der Waals surface area contributed by atoms with E-state index < -0.39 is 0 Å². The Bertz CT molecular complexity index is 985. The van der Waals surface area contributed by atoms with Gasteiger partial charge in [0.25, 0.3) is 5.91 Å². The lowest BCUT2D eigenvalue weighted by molar-refractivity contribution is -0.141. The summed E-state index contributed by atoms with van der Waals surface area (Å²) in [6, 6.07) is 14.9. The number of fused-ring (bicyclic) bond motifs is 1. The summed E-state index contributed by atoms with van der Waals surface area (Å²) < 4.78 is 7.41. The number of hydrogen-bond donors (Lipinski definition) is 0. The quantitative estimate of drug-likeness (QED) is 0.689. The molecule has 1 heterocycles.